The Morgan fingerprint density at radius 2 is 1.83 bits per heavy atom. The molecule has 1 spiro atoms. The first-order valence-corrected chi connectivity index (χ1v) is 12.1. The van der Waals surface area contributed by atoms with Crippen LogP contribution in [0.15, 0.2) is 82.8 Å². The van der Waals surface area contributed by atoms with E-state index < -0.39 is 5.85 Å². The van der Waals surface area contributed by atoms with Gasteiger partial charge >= 0.3 is 5.85 Å². The summed E-state index contributed by atoms with van der Waals surface area (Å²) >= 11 is 1.11. The van der Waals surface area contributed by atoms with Gasteiger partial charge in [-0.15, -0.1) is 0 Å². The number of hydrazone groups is 1. The number of thioether (sulfide) groups is 1. The molecule has 0 aromatic heterocycles. The van der Waals surface area contributed by atoms with Gasteiger partial charge in [-0.05, 0) is 47.2 Å². The molecule has 35 heavy (non-hydrogen) atoms. The Hall–Kier alpha value is -3.91. The zero-order chi connectivity index (χ0) is 24.0. The minimum Gasteiger partial charge on any atom is -0.493 e. The van der Waals surface area contributed by atoms with Crippen LogP contribution in [0.5, 0.6) is 17.2 Å². The maximum Gasteiger partial charge on any atom is 0.314 e. The lowest BCUT2D eigenvalue weighted by Gasteiger charge is -2.45. The maximum absolute atomic E-state index is 12.8. The van der Waals surface area contributed by atoms with Crippen LogP contribution >= 0.6 is 11.8 Å². The summed E-state index contributed by atoms with van der Waals surface area (Å²) in [5, 5.41) is 9.79. The van der Waals surface area contributed by atoms with Gasteiger partial charge in [-0.25, -0.2) is 5.01 Å². The molecule has 1 amide bonds. The first-order valence-electron chi connectivity index (χ1n) is 11.3. The fourth-order valence-corrected chi connectivity index (χ4v) is 5.67. The van der Waals surface area contributed by atoms with Crippen molar-refractivity contribution >= 4 is 28.8 Å². The maximum atomic E-state index is 12.8. The fraction of sp³-hybridized carbons (Fsp3) is 0.185. The number of methoxy groups -OCH3 is 2. The van der Waals surface area contributed by atoms with Gasteiger partial charge in [-0.3, -0.25) is 10.1 Å². The Morgan fingerprint density at radius 3 is 2.63 bits per heavy atom. The Bertz CT molecular complexity index is 1370. The summed E-state index contributed by atoms with van der Waals surface area (Å²) in [7, 11) is 3.20. The normalized spacial score (nSPS) is 23.4. The summed E-state index contributed by atoms with van der Waals surface area (Å²) in [4.78, 5) is 13.5. The van der Waals surface area contributed by atoms with Gasteiger partial charge in [-0.2, -0.15) is 5.10 Å². The highest BCUT2D eigenvalue weighted by Crippen LogP contribution is 2.52. The first-order chi connectivity index (χ1) is 17.1. The number of hydrogen-bond acceptors (Lipinski definition) is 7. The van der Waals surface area contributed by atoms with Gasteiger partial charge in [0.15, 0.2) is 11.5 Å². The molecule has 7 nitrogen and oxygen atoms in total. The SMILES string of the molecule is COc1ccc(/C=C2\SC(=O)N[C@]23Oc2ccccc2[C@H]2CC(c4ccccc4)=NN23)cc1OC. The Labute approximate surface area is 207 Å². The molecule has 8 heteroatoms. The molecular weight excluding hydrogens is 462 g/mol. The van der Waals surface area contributed by atoms with Gasteiger partial charge in [0.2, 0.25) is 0 Å². The van der Waals surface area contributed by atoms with Crippen molar-refractivity contribution in [3.05, 3.63) is 94.4 Å². The molecule has 3 heterocycles. The van der Waals surface area contributed by atoms with Crippen molar-refractivity contribution in [2.45, 2.75) is 18.3 Å². The van der Waals surface area contributed by atoms with Crippen molar-refractivity contribution in [2.24, 2.45) is 5.10 Å². The molecule has 3 aromatic rings. The molecule has 0 aliphatic carbocycles. The number of nitrogens with zero attached hydrogens (tertiary/aromatic N) is 2. The predicted octanol–water partition coefficient (Wildman–Crippen LogP) is 5.40. The standard InChI is InChI=1S/C27H23N3O4S/c1-32-23-13-12-17(14-24(23)33-2)15-25-27(28-26(31)35-25)30-21(19-10-6-7-11-22(19)34-27)16-20(29-30)18-8-4-3-5-9-18/h3-15,21H,16H2,1-2H3,(H,28,31)/b25-15-/t21-,27-/m1/s1. The molecular formula is C27H23N3O4S. The van der Waals surface area contributed by atoms with Crippen LogP contribution < -0.4 is 19.5 Å². The molecule has 1 fully saturated rings. The highest BCUT2D eigenvalue weighted by Gasteiger charge is 2.58. The smallest absolute Gasteiger partial charge is 0.314 e. The molecule has 3 aliphatic rings. The predicted molar refractivity (Wildman–Crippen MR) is 136 cm³/mol. The van der Waals surface area contributed by atoms with Crippen molar-refractivity contribution in [2.75, 3.05) is 14.2 Å². The molecule has 6 rings (SSSR count). The summed E-state index contributed by atoms with van der Waals surface area (Å²) in [6, 6.07) is 23.6. The van der Waals surface area contributed by atoms with E-state index >= 15 is 0 Å². The molecule has 0 radical (unpaired) electrons. The van der Waals surface area contributed by atoms with Crippen LogP contribution in [-0.4, -0.2) is 36.0 Å². The van der Waals surface area contributed by atoms with E-state index in [-0.39, 0.29) is 11.3 Å². The number of para-hydroxylation sites is 1. The number of hydrogen-bond donors (Lipinski definition) is 1. The largest absolute Gasteiger partial charge is 0.493 e. The third-order valence-corrected chi connectivity index (χ3v) is 7.29. The summed E-state index contributed by atoms with van der Waals surface area (Å²) in [6.45, 7) is 0. The second kappa shape index (κ2) is 8.39. The topological polar surface area (TPSA) is 72.4 Å². The Kier molecular flexibility index (Phi) is 5.18. The van der Waals surface area contributed by atoms with Crippen LogP contribution in [0, 0.1) is 0 Å². The number of carbonyl (C=O) groups is 1. The van der Waals surface area contributed by atoms with Gasteiger partial charge in [0.25, 0.3) is 5.24 Å². The van der Waals surface area contributed by atoms with Gasteiger partial charge in [0.05, 0.1) is 30.9 Å². The lowest BCUT2D eigenvalue weighted by molar-refractivity contribution is -0.0949. The molecule has 2 atom stereocenters. The number of rotatable bonds is 4. The number of nitrogens with one attached hydrogen (secondary N) is 1. The highest BCUT2D eigenvalue weighted by atomic mass is 32.2. The summed E-state index contributed by atoms with van der Waals surface area (Å²) < 4.78 is 17.4. The van der Waals surface area contributed by atoms with E-state index in [1.54, 1.807) is 14.2 Å². The van der Waals surface area contributed by atoms with Crippen molar-refractivity contribution in [3.63, 3.8) is 0 Å². The van der Waals surface area contributed by atoms with Crippen LogP contribution in [-0.2, 0) is 0 Å². The van der Waals surface area contributed by atoms with Crippen molar-refractivity contribution in [1.82, 2.24) is 10.3 Å². The monoisotopic (exact) mass is 485 g/mol. The number of carbonyl (C=O) groups excluding carboxylic acids is 1. The molecule has 3 aromatic carbocycles. The van der Waals surface area contributed by atoms with Gasteiger partial charge in [0, 0.05) is 12.0 Å². The second-order valence-corrected chi connectivity index (χ2v) is 9.41. The molecule has 0 unspecified atom stereocenters. The number of amides is 1. The third-order valence-electron chi connectivity index (χ3n) is 6.39. The van der Waals surface area contributed by atoms with Crippen molar-refractivity contribution in [3.8, 4) is 17.2 Å². The first kappa shape index (κ1) is 21.6. The summed E-state index contributed by atoms with van der Waals surface area (Å²) in [5.74, 6) is 0.734. The zero-order valence-electron chi connectivity index (χ0n) is 19.2. The summed E-state index contributed by atoms with van der Waals surface area (Å²) in [6.07, 6.45) is 2.64. The minimum atomic E-state index is -1.25. The van der Waals surface area contributed by atoms with Crippen LogP contribution in [0.2, 0.25) is 0 Å². The van der Waals surface area contributed by atoms with Crippen molar-refractivity contribution < 1.29 is 19.0 Å². The van der Waals surface area contributed by atoms with E-state index in [4.69, 9.17) is 19.3 Å². The van der Waals surface area contributed by atoms with Crippen LogP contribution in [0.4, 0.5) is 4.79 Å². The van der Waals surface area contributed by atoms with E-state index in [2.05, 4.69) is 23.5 Å². The molecule has 3 aliphatic heterocycles. The highest BCUT2D eigenvalue weighted by molar-refractivity contribution is 8.17. The quantitative estimate of drug-likeness (QED) is 0.534. The lowest BCUT2D eigenvalue weighted by Crippen LogP contribution is -2.61. The van der Waals surface area contributed by atoms with Gasteiger partial charge in [0.1, 0.15) is 5.75 Å². The van der Waals surface area contributed by atoms with E-state index in [9.17, 15) is 4.79 Å². The van der Waals surface area contributed by atoms with Crippen LogP contribution in [0.3, 0.4) is 0 Å². The summed E-state index contributed by atoms with van der Waals surface area (Å²) in [5.41, 5.74) is 3.90. The van der Waals surface area contributed by atoms with Gasteiger partial charge in [-0.1, -0.05) is 54.6 Å². The number of fused-ring (bicyclic) bond motifs is 4. The van der Waals surface area contributed by atoms with Crippen molar-refractivity contribution in [1.29, 1.82) is 0 Å². The van der Waals surface area contributed by atoms with E-state index in [1.165, 1.54) is 0 Å². The van der Waals surface area contributed by atoms with E-state index in [1.807, 2.05) is 65.7 Å². The fourth-order valence-electron chi connectivity index (χ4n) is 4.76. The van der Waals surface area contributed by atoms with E-state index in [0.717, 1.165) is 39.9 Å². The molecule has 0 saturated carbocycles. The van der Waals surface area contributed by atoms with E-state index in [0.29, 0.717) is 22.8 Å². The Morgan fingerprint density at radius 1 is 1.06 bits per heavy atom. The van der Waals surface area contributed by atoms with Gasteiger partial charge < -0.3 is 14.2 Å². The minimum absolute atomic E-state index is 0.0806. The van der Waals surface area contributed by atoms with Crippen LogP contribution in [0.1, 0.15) is 29.2 Å². The average molecular weight is 486 g/mol. The number of ether oxygens (including phenoxy) is 3. The zero-order valence-corrected chi connectivity index (χ0v) is 20.0. The molecule has 176 valence electrons. The number of benzene rings is 3. The average Bonchev–Trinajstić information content (AvgIpc) is 3.47. The molecule has 1 saturated heterocycles. The lowest BCUT2D eigenvalue weighted by atomic mass is 9.95. The van der Waals surface area contributed by atoms with Crippen LogP contribution in [0.25, 0.3) is 6.08 Å². The molecule has 0 bridgehead atoms. The Balaban J connectivity index is 1.49. The molecule has 1 N–H and O–H groups in total. The third kappa shape index (κ3) is 3.52. The second-order valence-electron chi connectivity index (χ2n) is 8.40.